The third-order valence-electron chi connectivity index (χ3n) is 4.86. The smallest absolute Gasteiger partial charge is 0.253 e. The minimum absolute atomic E-state index is 0.272. The number of carbonyl (C=O) groups excluding carboxylic acids is 1. The maximum Gasteiger partial charge on any atom is 0.253 e. The molecule has 0 aliphatic carbocycles. The molecular weight excluding hydrogens is 406 g/mol. The minimum atomic E-state index is -0.401. The molecule has 0 fully saturated rings. The summed E-state index contributed by atoms with van der Waals surface area (Å²) < 4.78 is 5.05. The Balaban J connectivity index is 1.62. The normalized spacial score (nSPS) is 11.5. The van der Waals surface area contributed by atoms with Crippen molar-refractivity contribution in [1.82, 2.24) is 25.3 Å². The molecule has 0 aliphatic rings. The van der Waals surface area contributed by atoms with Gasteiger partial charge in [0.05, 0.1) is 24.4 Å². The number of rotatable bonds is 7. The first-order chi connectivity index (χ1) is 15.6. The molecule has 3 heterocycles. The highest BCUT2D eigenvalue weighted by Gasteiger charge is 2.18. The fraction of sp³-hybridized carbons (Fsp3) is 0.125. The topological polar surface area (TPSA) is 110 Å². The van der Waals surface area contributed by atoms with Crippen LogP contribution >= 0.6 is 0 Å². The van der Waals surface area contributed by atoms with Crippen molar-refractivity contribution in [3.05, 3.63) is 106 Å². The molecule has 3 aromatic heterocycles. The maximum absolute atomic E-state index is 12.9. The second kappa shape index (κ2) is 9.65. The van der Waals surface area contributed by atoms with Crippen LogP contribution in [0.4, 0.5) is 0 Å². The van der Waals surface area contributed by atoms with Crippen LogP contribution in [0, 0.1) is 0 Å². The molecule has 1 atom stereocenters. The Morgan fingerprint density at radius 2 is 1.94 bits per heavy atom. The summed E-state index contributed by atoms with van der Waals surface area (Å²) in [6.45, 7) is 0. The van der Waals surface area contributed by atoms with Crippen molar-refractivity contribution in [3.8, 4) is 17.3 Å². The summed E-state index contributed by atoms with van der Waals surface area (Å²) in [4.78, 5) is 40.7. The number of pyridine rings is 2. The van der Waals surface area contributed by atoms with Crippen LogP contribution in [-0.4, -0.2) is 33.0 Å². The first-order valence-corrected chi connectivity index (χ1v) is 9.99. The lowest BCUT2D eigenvalue weighted by Gasteiger charge is -2.19. The fourth-order valence-electron chi connectivity index (χ4n) is 3.28. The van der Waals surface area contributed by atoms with Gasteiger partial charge in [-0.05, 0) is 23.8 Å². The maximum atomic E-state index is 12.9. The Labute approximate surface area is 184 Å². The summed E-state index contributed by atoms with van der Waals surface area (Å²) in [7, 11) is 1.52. The summed E-state index contributed by atoms with van der Waals surface area (Å²) in [6, 6.07) is 17.5. The van der Waals surface area contributed by atoms with E-state index in [1.807, 2.05) is 36.4 Å². The number of methoxy groups -OCH3 is 1. The molecule has 1 unspecified atom stereocenters. The van der Waals surface area contributed by atoms with Crippen LogP contribution in [0.1, 0.15) is 27.7 Å². The number of benzene rings is 1. The average molecular weight is 427 g/mol. The molecule has 0 spiro atoms. The number of ether oxygens (including phenoxy) is 1. The Morgan fingerprint density at radius 3 is 2.62 bits per heavy atom. The van der Waals surface area contributed by atoms with Crippen LogP contribution in [-0.2, 0) is 6.42 Å². The van der Waals surface area contributed by atoms with Gasteiger partial charge >= 0.3 is 0 Å². The zero-order valence-electron chi connectivity index (χ0n) is 17.4. The Bertz CT molecular complexity index is 1240. The van der Waals surface area contributed by atoms with E-state index in [0.29, 0.717) is 34.9 Å². The van der Waals surface area contributed by atoms with E-state index < -0.39 is 6.04 Å². The molecule has 0 saturated heterocycles. The molecule has 0 bridgehead atoms. The Morgan fingerprint density at radius 1 is 1.09 bits per heavy atom. The number of H-pyrrole nitrogens is 1. The van der Waals surface area contributed by atoms with E-state index in [1.54, 1.807) is 30.6 Å². The quantitative estimate of drug-likeness (QED) is 0.469. The zero-order chi connectivity index (χ0) is 22.3. The van der Waals surface area contributed by atoms with Gasteiger partial charge in [-0.15, -0.1) is 0 Å². The van der Waals surface area contributed by atoms with E-state index in [2.05, 4.69) is 25.3 Å². The van der Waals surface area contributed by atoms with Gasteiger partial charge in [-0.2, -0.15) is 0 Å². The molecule has 0 aliphatic heterocycles. The van der Waals surface area contributed by atoms with Gasteiger partial charge in [-0.25, -0.2) is 9.97 Å². The molecule has 1 amide bonds. The van der Waals surface area contributed by atoms with Crippen molar-refractivity contribution >= 4 is 5.91 Å². The van der Waals surface area contributed by atoms with E-state index in [4.69, 9.17) is 4.74 Å². The highest BCUT2D eigenvalue weighted by Crippen LogP contribution is 2.20. The van der Waals surface area contributed by atoms with Gasteiger partial charge in [-0.1, -0.05) is 30.3 Å². The molecule has 4 rings (SSSR count). The monoisotopic (exact) mass is 427 g/mol. The number of aromatic nitrogens is 4. The number of nitrogens with zero attached hydrogens (tertiary/aromatic N) is 3. The lowest BCUT2D eigenvalue weighted by atomic mass is 10.0. The van der Waals surface area contributed by atoms with Gasteiger partial charge in [0.25, 0.3) is 11.5 Å². The summed E-state index contributed by atoms with van der Waals surface area (Å²) in [5.41, 5.74) is 2.28. The number of carbonyl (C=O) groups is 1. The zero-order valence-corrected chi connectivity index (χ0v) is 17.4. The average Bonchev–Trinajstić information content (AvgIpc) is 2.84. The molecule has 0 saturated carbocycles. The molecule has 1 aromatic carbocycles. The van der Waals surface area contributed by atoms with E-state index in [1.165, 1.54) is 19.4 Å². The summed E-state index contributed by atoms with van der Waals surface area (Å²) in [5, 5.41) is 3.03. The van der Waals surface area contributed by atoms with Gasteiger partial charge < -0.3 is 15.0 Å². The molecular formula is C24H21N5O3. The second-order valence-electron chi connectivity index (χ2n) is 7.06. The molecule has 8 heteroatoms. The lowest BCUT2D eigenvalue weighted by Crippen LogP contribution is -2.30. The Hall–Kier alpha value is -4.33. The van der Waals surface area contributed by atoms with Crippen LogP contribution in [0.5, 0.6) is 5.88 Å². The van der Waals surface area contributed by atoms with Gasteiger partial charge in [-0.3, -0.25) is 14.6 Å². The second-order valence-corrected chi connectivity index (χ2v) is 7.06. The van der Waals surface area contributed by atoms with Crippen molar-refractivity contribution in [2.75, 3.05) is 7.11 Å². The lowest BCUT2D eigenvalue weighted by molar-refractivity contribution is 0.0936. The third kappa shape index (κ3) is 5.04. The van der Waals surface area contributed by atoms with Crippen LogP contribution in [0.15, 0.2) is 84.0 Å². The molecule has 0 radical (unpaired) electrons. The number of hydrogen-bond donors (Lipinski definition) is 2. The van der Waals surface area contributed by atoms with Crippen molar-refractivity contribution in [3.63, 3.8) is 0 Å². The Kier molecular flexibility index (Phi) is 6.31. The largest absolute Gasteiger partial charge is 0.481 e. The third-order valence-corrected chi connectivity index (χ3v) is 4.86. The van der Waals surface area contributed by atoms with Crippen molar-refractivity contribution < 1.29 is 9.53 Å². The van der Waals surface area contributed by atoms with Crippen molar-refractivity contribution in [2.45, 2.75) is 12.5 Å². The van der Waals surface area contributed by atoms with Gasteiger partial charge in [0.15, 0.2) is 0 Å². The number of hydrogen-bond acceptors (Lipinski definition) is 6. The standard InChI is InChI=1S/C24H21N5O3/c1-32-22-10-9-18(15-26-22)24(31)28-20(16-6-3-2-4-7-16)12-19-13-21(30)29-23(27-19)17-8-5-11-25-14-17/h2-11,13-15,20H,12H2,1H3,(H,28,31)(H,27,29,30). The van der Waals surface area contributed by atoms with Crippen LogP contribution in [0.2, 0.25) is 0 Å². The first-order valence-electron chi connectivity index (χ1n) is 9.99. The molecule has 4 aromatic rings. The molecule has 8 nitrogen and oxygen atoms in total. The van der Waals surface area contributed by atoms with Crippen LogP contribution in [0.3, 0.4) is 0 Å². The van der Waals surface area contributed by atoms with E-state index in [9.17, 15) is 9.59 Å². The molecule has 2 N–H and O–H groups in total. The van der Waals surface area contributed by atoms with E-state index in [0.717, 1.165) is 5.56 Å². The van der Waals surface area contributed by atoms with Gasteiger partial charge in [0, 0.05) is 42.7 Å². The van der Waals surface area contributed by atoms with Gasteiger partial charge in [0.1, 0.15) is 5.82 Å². The predicted molar refractivity (Wildman–Crippen MR) is 119 cm³/mol. The van der Waals surface area contributed by atoms with Gasteiger partial charge in [0.2, 0.25) is 5.88 Å². The summed E-state index contributed by atoms with van der Waals surface area (Å²) >= 11 is 0. The van der Waals surface area contributed by atoms with Crippen LogP contribution in [0.25, 0.3) is 11.4 Å². The number of aromatic amines is 1. The number of amides is 1. The molecule has 32 heavy (non-hydrogen) atoms. The fourth-order valence-corrected chi connectivity index (χ4v) is 3.28. The highest BCUT2D eigenvalue weighted by atomic mass is 16.5. The molecule has 160 valence electrons. The minimum Gasteiger partial charge on any atom is -0.481 e. The SMILES string of the molecule is COc1ccc(C(=O)NC(Cc2cc(=O)[nH]c(-c3cccnc3)n2)c2ccccc2)cn1. The summed E-state index contributed by atoms with van der Waals surface area (Å²) in [5.74, 6) is 0.571. The first kappa shape index (κ1) is 20.9. The van der Waals surface area contributed by atoms with Crippen molar-refractivity contribution in [2.24, 2.45) is 0 Å². The predicted octanol–water partition coefficient (Wildman–Crippen LogP) is 2.95. The summed E-state index contributed by atoms with van der Waals surface area (Å²) in [6.07, 6.45) is 5.08. The highest BCUT2D eigenvalue weighted by molar-refractivity contribution is 5.94. The number of nitrogens with one attached hydrogen (secondary N) is 2. The van der Waals surface area contributed by atoms with Crippen molar-refractivity contribution in [1.29, 1.82) is 0 Å². The van der Waals surface area contributed by atoms with Crippen LogP contribution < -0.4 is 15.6 Å². The van der Waals surface area contributed by atoms with E-state index >= 15 is 0 Å². The van der Waals surface area contributed by atoms with E-state index in [-0.39, 0.29) is 11.5 Å².